The highest BCUT2D eigenvalue weighted by Crippen LogP contribution is 2.45. The number of likely N-dealkylation sites (tertiary alicyclic amines) is 1. The number of hydrogen-bond donors (Lipinski definition) is 1. The summed E-state index contributed by atoms with van der Waals surface area (Å²) in [5.74, 6) is 0. The minimum atomic E-state index is -1.34. The summed E-state index contributed by atoms with van der Waals surface area (Å²) in [4.78, 5) is 12.8. The highest BCUT2D eigenvalue weighted by Gasteiger charge is 2.50. The summed E-state index contributed by atoms with van der Waals surface area (Å²) in [6, 6.07) is 0. The third-order valence-electron chi connectivity index (χ3n) is 5.84. The van der Waals surface area contributed by atoms with Crippen LogP contribution in [-0.4, -0.2) is 54.0 Å². The Labute approximate surface area is 156 Å². The quantitative estimate of drug-likeness (QED) is 0.759. The van der Waals surface area contributed by atoms with Crippen LogP contribution in [0, 0.1) is 5.41 Å². The van der Waals surface area contributed by atoms with Gasteiger partial charge in [0.25, 0.3) is 0 Å². The second-order valence-electron chi connectivity index (χ2n) is 8.64. The van der Waals surface area contributed by atoms with Gasteiger partial charge in [-0.2, -0.15) is 5.10 Å². The predicted molar refractivity (Wildman–Crippen MR) is 99.9 cm³/mol. The fourth-order valence-electron chi connectivity index (χ4n) is 4.32. The Kier molecular flexibility index (Phi) is 4.11. The molecule has 0 bridgehead atoms. The Bertz CT molecular complexity index is 772. The molecule has 1 saturated heterocycles. The molecule has 0 aromatic carbocycles. The van der Waals surface area contributed by atoms with Crippen LogP contribution in [0.3, 0.4) is 0 Å². The highest BCUT2D eigenvalue weighted by atomic mass is 32.2. The Morgan fingerprint density at radius 2 is 2.00 bits per heavy atom. The summed E-state index contributed by atoms with van der Waals surface area (Å²) >= 11 is -1.34. The van der Waals surface area contributed by atoms with Gasteiger partial charge in [-0.15, -0.1) is 0 Å². The molecular formula is C18H26N4O3S. The number of hydrogen-bond acceptors (Lipinski definition) is 4. The van der Waals surface area contributed by atoms with E-state index in [0.717, 1.165) is 42.9 Å². The van der Waals surface area contributed by atoms with Crippen LogP contribution in [-0.2, 0) is 30.7 Å². The van der Waals surface area contributed by atoms with Crippen LogP contribution in [0.25, 0.3) is 0 Å². The number of rotatable bonds is 1. The van der Waals surface area contributed by atoms with Crippen LogP contribution < -0.4 is 0 Å². The van der Waals surface area contributed by atoms with Gasteiger partial charge in [-0.05, 0) is 52.9 Å². The second-order valence-corrected chi connectivity index (χ2v) is 10.5. The number of aryl methyl sites for hydroxylation is 1. The number of nitrogens with zero attached hydrogens (tertiary/aromatic N) is 4. The van der Waals surface area contributed by atoms with Crippen molar-refractivity contribution in [3.8, 4) is 0 Å². The topological polar surface area (TPSA) is 93.8 Å². The molecule has 3 aliphatic rings. The molecule has 2 aliphatic heterocycles. The molecule has 1 aromatic rings. The minimum absolute atomic E-state index is 0.243. The van der Waals surface area contributed by atoms with Crippen molar-refractivity contribution in [1.82, 2.24) is 14.7 Å². The third kappa shape index (κ3) is 2.74. The third-order valence-corrected chi connectivity index (χ3v) is 7.24. The van der Waals surface area contributed by atoms with Crippen molar-refractivity contribution < 1.29 is 14.5 Å². The van der Waals surface area contributed by atoms with Crippen LogP contribution >= 0.6 is 0 Å². The number of fused-ring (bicyclic) bond motifs is 3. The first kappa shape index (κ1) is 17.9. The molecule has 26 heavy (non-hydrogen) atoms. The maximum Gasteiger partial charge on any atom is 0.407 e. The zero-order valence-corrected chi connectivity index (χ0v) is 16.4. The maximum absolute atomic E-state index is 12.8. The number of carboxylic acid groups (broad SMARTS) is 1. The lowest BCUT2D eigenvalue weighted by molar-refractivity contribution is 0.110. The first-order valence-corrected chi connectivity index (χ1v) is 10.4. The lowest BCUT2D eigenvalue weighted by Gasteiger charge is -2.37. The first-order valence-electron chi connectivity index (χ1n) is 9.29. The van der Waals surface area contributed by atoms with Crippen LogP contribution in [0.5, 0.6) is 0 Å². The van der Waals surface area contributed by atoms with Gasteiger partial charge in [0.1, 0.15) is 21.8 Å². The average Bonchev–Trinajstić information content (AvgIpc) is 3.19. The largest absolute Gasteiger partial charge is 0.591 e. The van der Waals surface area contributed by atoms with Crippen molar-refractivity contribution in [2.75, 3.05) is 13.1 Å². The number of aromatic nitrogens is 2. The molecule has 1 aliphatic carbocycles. The summed E-state index contributed by atoms with van der Waals surface area (Å²) in [6.45, 7) is 7.51. The second kappa shape index (κ2) is 5.99. The fraction of sp³-hybridized carbons (Fsp3) is 0.722. The summed E-state index contributed by atoms with van der Waals surface area (Å²) < 4.78 is 19.2. The minimum Gasteiger partial charge on any atom is -0.591 e. The van der Waals surface area contributed by atoms with E-state index in [1.165, 1.54) is 10.5 Å². The van der Waals surface area contributed by atoms with E-state index in [4.69, 9.17) is 9.50 Å². The van der Waals surface area contributed by atoms with E-state index in [0.29, 0.717) is 25.9 Å². The van der Waals surface area contributed by atoms with E-state index in [1.807, 2.05) is 20.8 Å². The first-order chi connectivity index (χ1) is 12.2. The zero-order chi connectivity index (χ0) is 18.7. The van der Waals surface area contributed by atoms with Gasteiger partial charge < -0.3 is 14.6 Å². The van der Waals surface area contributed by atoms with Crippen LogP contribution in [0.15, 0.2) is 4.40 Å². The van der Waals surface area contributed by atoms with Crippen molar-refractivity contribution >= 4 is 23.2 Å². The monoisotopic (exact) mass is 378 g/mol. The van der Waals surface area contributed by atoms with Gasteiger partial charge in [0.05, 0.1) is 17.9 Å². The summed E-state index contributed by atoms with van der Waals surface area (Å²) in [5, 5.41) is 14.1. The smallest absolute Gasteiger partial charge is 0.407 e. The molecule has 0 radical (unpaired) electrons. The van der Waals surface area contributed by atoms with E-state index >= 15 is 0 Å². The van der Waals surface area contributed by atoms with Crippen LogP contribution in [0.4, 0.5) is 4.79 Å². The Morgan fingerprint density at radius 1 is 1.31 bits per heavy atom. The number of piperidine rings is 1. The van der Waals surface area contributed by atoms with Crippen molar-refractivity contribution in [2.24, 2.45) is 9.81 Å². The molecule has 1 spiro atoms. The summed E-state index contributed by atoms with van der Waals surface area (Å²) in [6.07, 6.45) is 3.66. The van der Waals surface area contributed by atoms with Gasteiger partial charge in [-0.25, -0.2) is 4.79 Å². The molecule has 142 valence electrons. The van der Waals surface area contributed by atoms with Gasteiger partial charge in [0.2, 0.25) is 0 Å². The van der Waals surface area contributed by atoms with Gasteiger partial charge >= 0.3 is 6.09 Å². The molecule has 1 aromatic heterocycles. The van der Waals surface area contributed by atoms with Gasteiger partial charge in [-0.3, -0.25) is 4.68 Å². The van der Waals surface area contributed by atoms with E-state index in [1.54, 1.807) is 0 Å². The molecule has 7 nitrogen and oxygen atoms in total. The summed E-state index contributed by atoms with van der Waals surface area (Å²) in [7, 11) is 0. The average molecular weight is 378 g/mol. The lowest BCUT2D eigenvalue weighted by atomic mass is 9.75. The van der Waals surface area contributed by atoms with Gasteiger partial charge in [0, 0.05) is 24.1 Å². The number of carbonyl (C=O) groups is 1. The molecule has 3 heterocycles. The SMILES string of the molecule is CC(C)(C)[S+]([O-])N=C1c2c3c(nn2CC12CCN(C(=O)O)CC2)CCC3. The van der Waals surface area contributed by atoms with Crippen LogP contribution in [0.2, 0.25) is 0 Å². The zero-order valence-electron chi connectivity index (χ0n) is 15.6. The Balaban J connectivity index is 1.74. The van der Waals surface area contributed by atoms with Crippen LogP contribution in [0.1, 0.15) is 57.0 Å². The lowest BCUT2D eigenvalue weighted by Crippen LogP contribution is -2.46. The molecule has 1 fully saturated rings. The standard InChI is InChI=1S/C18H26N4O3S/c1-17(2,3)26(25)20-15-14-12-5-4-6-13(12)19-22(14)11-18(15)7-9-21(10-8-18)16(23)24/h4-11H2,1-3H3,(H,23,24). The predicted octanol–water partition coefficient (Wildman–Crippen LogP) is 2.40. The fourth-order valence-corrected chi connectivity index (χ4v) is 5.04. The molecule has 1 atom stereocenters. The van der Waals surface area contributed by atoms with Gasteiger partial charge in [-0.1, -0.05) is 4.40 Å². The van der Waals surface area contributed by atoms with Crippen molar-refractivity contribution in [1.29, 1.82) is 0 Å². The Hall–Kier alpha value is -1.54. The normalized spacial score (nSPS) is 24.2. The van der Waals surface area contributed by atoms with Gasteiger partial charge in [0.15, 0.2) is 0 Å². The molecule has 4 rings (SSSR count). The van der Waals surface area contributed by atoms with Crippen molar-refractivity contribution in [3.63, 3.8) is 0 Å². The molecule has 0 saturated carbocycles. The highest BCUT2D eigenvalue weighted by molar-refractivity contribution is 7.91. The van der Waals surface area contributed by atoms with E-state index in [9.17, 15) is 14.5 Å². The van der Waals surface area contributed by atoms with E-state index < -0.39 is 22.2 Å². The Morgan fingerprint density at radius 3 is 2.62 bits per heavy atom. The van der Waals surface area contributed by atoms with Crippen molar-refractivity contribution in [2.45, 2.75) is 64.2 Å². The summed E-state index contributed by atoms with van der Waals surface area (Å²) in [5.41, 5.74) is 4.16. The molecular weight excluding hydrogens is 352 g/mol. The van der Waals surface area contributed by atoms with Crippen molar-refractivity contribution in [3.05, 3.63) is 17.0 Å². The molecule has 1 N–H and O–H groups in total. The molecule has 8 heteroatoms. The van der Waals surface area contributed by atoms with E-state index in [2.05, 4.69) is 4.68 Å². The molecule has 1 unspecified atom stereocenters. The maximum atomic E-state index is 12.8. The number of amides is 1. The molecule has 1 amide bonds. The van der Waals surface area contributed by atoms with E-state index in [-0.39, 0.29) is 5.41 Å².